The quantitative estimate of drug-likeness (QED) is 0.551. The lowest BCUT2D eigenvalue weighted by atomic mass is 10.1. The van der Waals surface area contributed by atoms with Crippen LogP contribution in [-0.2, 0) is 11.4 Å². The fourth-order valence-corrected chi connectivity index (χ4v) is 2.40. The zero-order valence-corrected chi connectivity index (χ0v) is 16.2. The van der Waals surface area contributed by atoms with E-state index >= 15 is 0 Å². The van der Waals surface area contributed by atoms with E-state index in [1.807, 2.05) is 44.2 Å². The number of nitrogens with zero attached hydrogens (tertiary/aromatic N) is 2. The summed E-state index contributed by atoms with van der Waals surface area (Å²) < 4.78 is 11.6. The van der Waals surface area contributed by atoms with Gasteiger partial charge in [0.15, 0.2) is 11.5 Å². The van der Waals surface area contributed by atoms with Crippen LogP contribution in [0.4, 0.5) is 0 Å². The summed E-state index contributed by atoms with van der Waals surface area (Å²) in [6.45, 7) is 4.84. The van der Waals surface area contributed by atoms with Gasteiger partial charge in [-0.2, -0.15) is 5.26 Å². The Morgan fingerprint density at radius 2 is 1.81 bits per heavy atom. The van der Waals surface area contributed by atoms with Crippen LogP contribution >= 0.6 is 0 Å². The monoisotopic (exact) mass is 364 g/mol. The van der Waals surface area contributed by atoms with E-state index in [1.165, 1.54) is 10.5 Å². The number of likely N-dealkylation sites (N-methyl/N-ethyl adjacent to an activating group) is 1. The minimum Gasteiger partial charge on any atom is -0.490 e. The molecule has 0 aliphatic carbocycles. The van der Waals surface area contributed by atoms with Crippen LogP contribution in [0, 0.1) is 18.3 Å². The molecule has 0 aliphatic rings. The fraction of sp³-hybridized carbons (Fsp3) is 0.273. The molecule has 5 nitrogen and oxygen atoms in total. The summed E-state index contributed by atoms with van der Waals surface area (Å²) in [4.78, 5) is 13.4. The molecule has 0 radical (unpaired) electrons. The maximum atomic E-state index is 12.0. The van der Waals surface area contributed by atoms with E-state index in [4.69, 9.17) is 9.47 Å². The van der Waals surface area contributed by atoms with Crippen LogP contribution in [0.1, 0.15) is 23.6 Å². The first kappa shape index (κ1) is 20.1. The first-order chi connectivity index (χ1) is 12.9. The van der Waals surface area contributed by atoms with Crippen LogP contribution in [0.25, 0.3) is 6.08 Å². The third-order valence-corrected chi connectivity index (χ3v) is 3.85. The number of hydrogen-bond donors (Lipinski definition) is 0. The average Bonchev–Trinajstić information content (AvgIpc) is 2.66. The molecule has 0 atom stereocenters. The Hall–Kier alpha value is -3.26. The summed E-state index contributed by atoms with van der Waals surface area (Å²) in [5.74, 6) is 0.857. The largest absolute Gasteiger partial charge is 0.490 e. The van der Waals surface area contributed by atoms with Crippen LogP contribution in [0.15, 0.2) is 48.0 Å². The van der Waals surface area contributed by atoms with Crippen molar-refractivity contribution < 1.29 is 14.3 Å². The van der Waals surface area contributed by atoms with Gasteiger partial charge in [-0.15, -0.1) is 0 Å². The standard InChI is InChI=1S/C22H24N2O3/c1-5-26-21-13-18(12-19(14-23)22(25)24(3)4)10-11-20(21)27-15-17-8-6-16(2)7-9-17/h6-13H,5,15H2,1-4H3/b19-12-. The Balaban J connectivity index is 2.23. The smallest absolute Gasteiger partial charge is 0.264 e. The van der Waals surface area contributed by atoms with E-state index in [1.54, 1.807) is 38.4 Å². The van der Waals surface area contributed by atoms with Crippen molar-refractivity contribution in [1.82, 2.24) is 4.90 Å². The van der Waals surface area contributed by atoms with Crippen molar-refractivity contribution in [3.63, 3.8) is 0 Å². The Kier molecular flexibility index (Phi) is 7.01. The van der Waals surface area contributed by atoms with Gasteiger partial charge in [-0.05, 0) is 43.2 Å². The number of carbonyl (C=O) groups excluding carboxylic acids is 1. The van der Waals surface area contributed by atoms with E-state index in [0.29, 0.717) is 30.3 Å². The van der Waals surface area contributed by atoms with Crippen molar-refractivity contribution in [1.29, 1.82) is 5.26 Å². The van der Waals surface area contributed by atoms with E-state index in [-0.39, 0.29) is 11.5 Å². The van der Waals surface area contributed by atoms with E-state index in [2.05, 4.69) is 0 Å². The maximum Gasteiger partial charge on any atom is 0.264 e. The highest BCUT2D eigenvalue weighted by Gasteiger charge is 2.12. The number of hydrogen-bond acceptors (Lipinski definition) is 4. The van der Waals surface area contributed by atoms with Crippen LogP contribution in [0.5, 0.6) is 11.5 Å². The van der Waals surface area contributed by atoms with E-state index in [0.717, 1.165) is 5.56 Å². The molecular formula is C22H24N2O3. The maximum absolute atomic E-state index is 12.0. The van der Waals surface area contributed by atoms with Gasteiger partial charge in [0.2, 0.25) is 0 Å². The highest BCUT2D eigenvalue weighted by atomic mass is 16.5. The zero-order valence-electron chi connectivity index (χ0n) is 16.2. The van der Waals surface area contributed by atoms with Gasteiger partial charge in [0.05, 0.1) is 6.61 Å². The number of aryl methyl sites for hydroxylation is 1. The molecule has 0 unspecified atom stereocenters. The predicted molar refractivity (Wildman–Crippen MR) is 105 cm³/mol. The molecule has 0 fully saturated rings. The fourth-order valence-electron chi connectivity index (χ4n) is 2.40. The molecule has 0 N–H and O–H groups in total. The molecule has 0 aliphatic heterocycles. The molecule has 2 aromatic carbocycles. The zero-order chi connectivity index (χ0) is 19.8. The minimum absolute atomic E-state index is 0.0655. The van der Waals surface area contributed by atoms with Crippen LogP contribution in [0.3, 0.4) is 0 Å². The number of carbonyl (C=O) groups is 1. The normalized spacial score (nSPS) is 10.9. The number of benzene rings is 2. The topological polar surface area (TPSA) is 62.6 Å². The van der Waals surface area contributed by atoms with Crippen LogP contribution in [0.2, 0.25) is 0 Å². The number of nitriles is 1. The highest BCUT2D eigenvalue weighted by Crippen LogP contribution is 2.30. The average molecular weight is 364 g/mol. The summed E-state index contributed by atoms with van der Waals surface area (Å²) in [5.41, 5.74) is 3.03. The van der Waals surface area contributed by atoms with Crippen molar-refractivity contribution in [2.45, 2.75) is 20.5 Å². The Labute approximate surface area is 160 Å². The third-order valence-electron chi connectivity index (χ3n) is 3.85. The van der Waals surface area contributed by atoms with E-state index in [9.17, 15) is 10.1 Å². The molecule has 0 spiro atoms. The van der Waals surface area contributed by atoms with Gasteiger partial charge < -0.3 is 14.4 Å². The molecule has 2 rings (SSSR count). The van der Waals surface area contributed by atoms with Gasteiger partial charge in [0.25, 0.3) is 5.91 Å². The summed E-state index contributed by atoms with van der Waals surface area (Å²) in [5, 5.41) is 9.24. The van der Waals surface area contributed by atoms with E-state index < -0.39 is 0 Å². The number of ether oxygens (including phenoxy) is 2. The van der Waals surface area contributed by atoms with Gasteiger partial charge in [-0.1, -0.05) is 35.9 Å². The van der Waals surface area contributed by atoms with Crippen molar-refractivity contribution in [2.24, 2.45) is 0 Å². The highest BCUT2D eigenvalue weighted by molar-refractivity contribution is 6.01. The summed E-state index contributed by atoms with van der Waals surface area (Å²) in [7, 11) is 3.22. The second-order valence-corrected chi connectivity index (χ2v) is 6.28. The molecule has 2 aromatic rings. The summed E-state index contributed by atoms with van der Waals surface area (Å²) in [6, 6.07) is 15.4. The van der Waals surface area contributed by atoms with Crippen LogP contribution < -0.4 is 9.47 Å². The Morgan fingerprint density at radius 1 is 1.11 bits per heavy atom. The lowest BCUT2D eigenvalue weighted by Crippen LogP contribution is -2.22. The minimum atomic E-state index is -0.338. The predicted octanol–water partition coefficient (Wildman–Crippen LogP) is 3.97. The SMILES string of the molecule is CCOc1cc(/C=C(/C#N)C(=O)N(C)C)ccc1OCc1ccc(C)cc1. The molecule has 5 heteroatoms. The number of amides is 1. The second kappa shape index (κ2) is 9.44. The van der Waals surface area contributed by atoms with Crippen molar-refractivity contribution >= 4 is 12.0 Å². The first-order valence-corrected chi connectivity index (χ1v) is 8.73. The van der Waals surface area contributed by atoms with Gasteiger partial charge >= 0.3 is 0 Å². The molecule has 27 heavy (non-hydrogen) atoms. The molecule has 0 heterocycles. The van der Waals surface area contributed by atoms with Gasteiger partial charge in [-0.3, -0.25) is 4.79 Å². The van der Waals surface area contributed by atoms with Crippen molar-refractivity contribution in [3.05, 3.63) is 64.7 Å². The second-order valence-electron chi connectivity index (χ2n) is 6.28. The van der Waals surface area contributed by atoms with Gasteiger partial charge in [0.1, 0.15) is 18.2 Å². The van der Waals surface area contributed by atoms with Crippen molar-refractivity contribution in [2.75, 3.05) is 20.7 Å². The molecule has 0 saturated heterocycles. The molecule has 1 amide bonds. The first-order valence-electron chi connectivity index (χ1n) is 8.73. The van der Waals surface area contributed by atoms with Crippen molar-refractivity contribution in [3.8, 4) is 17.6 Å². The molecule has 140 valence electrons. The lowest BCUT2D eigenvalue weighted by Gasteiger charge is -2.13. The number of rotatable bonds is 7. The Morgan fingerprint density at radius 3 is 2.41 bits per heavy atom. The molecule has 0 bridgehead atoms. The lowest BCUT2D eigenvalue weighted by molar-refractivity contribution is -0.124. The van der Waals surface area contributed by atoms with Gasteiger partial charge in [0, 0.05) is 14.1 Å². The third kappa shape index (κ3) is 5.61. The summed E-state index contributed by atoms with van der Waals surface area (Å²) in [6.07, 6.45) is 1.55. The molecular weight excluding hydrogens is 340 g/mol. The Bertz CT molecular complexity index is 862. The van der Waals surface area contributed by atoms with Gasteiger partial charge in [-0.25, -0.2) is 0 Å². The molecule has 0 saturated carbocycles. The summed E-state index contributed by atoms with van der Waals surface area (Å²) >= 11 is 0. The van der Waals surface area contributed by atoms with Crippen LogP contribution in [-0.4, -0.2) is 31.5 Å². The molecule has 0 aromatic heterocycles.